The van der Waals surface area contributed by atoms with E-state index in [1.807, 2.05) is 36.4 Å². The molecule has 1 heterocycles. The Morgan fingerprint density at radius 3 is 2.27 bits per heavy atom. The van der Waals surface area contributed by atoms with Crippen molar-refractivity contribution in [2.45, 2.75) is 24.7 Å². The molecule has 158 valence electrons. The first kappa shape index (κ1) is 20.8. The second-order valence-corrected chi connectivity index (χ2v) is 8.35. The van der Waals surface area contributed by atoms with Gasteiger partial charge in [-0.3, -0.25) is 14.5 Å². The summed E-state index contributed by atoms with van der Waals surface area (Å²) in [6.07, 6.45) is 2.65. The van der Waals surface area contributed by atoms with Crippen LogP contribution < -0.4 is 10.6 Å². The Kier molecular flexibility index (Phi) is 6.37. The van der Waals surface area contributed by atoms with Crippen molar-refractivity contribution in [1.82, 2.24) is 4.90 Å². The van der Waals surface area contributed by atoms with Crippen molar-refractivity contribution in [2.24, 2.45) is 0 Å². The number of halogens is 1. The van der Waals surface area contributed by atoms with Crippen LogP contribution in [0.25, 0.3) is 0 Å². The van der Waals surface area contributed by atoms with E-state index >= 15 is 0 Å². The fraction of sp³-hybridized carbons (Fsp3) is 0.391. The van der Waals surface area contributed by atoms with E-state index in [4.69, 9.17) is 16.3 Å². The van der Waals surface area contributed by atoms with Crippen LogP contribution >= 0.6 is 11.6 Å². The van der Waals surface area contributed by atoms with Crippen molar-refractivity contribution in [1.29, 1.82) is 0 Å². The molecule has 1 aliphatic carbocycles. The van der Waals surface area contributed by atoms with Crippen LogP contribution in [0.15, 0.2) is 48.5 Å². The third kappa shape index (κ3) is 4.67. The number of nitrogens with one attached hydrogen (secondary N) is 2. The number of nitrogens with zero attached hydrogens (tertiary/aromatic N) is 1. The first-order valence-corrected chi connectivity index (χ1v) is 10.7. The lowest BCUT2D eigenvalue weighted by atomic mass is 9.64. The minimum Gasteiger partial charge on any atom is -0.379 e. The highest BCUT2D eigenvalue weighted by atomic mass is 35.5. The maximum atomic E-state index is 13.1. The van der Waals surface area contributed by atoms with Crippen LogP contribution in [0.3, 0.4) is 0 Å². The first-order chi connectivity index (χ1) is 14.5. The van der Waals surface area contributed by atoms with Gasteiger partial charge in [-0.05, 0) is 54.8 Å². The van der Waals surface area contributed by atoms with Crippen molar-refractivity contribution in [3.63, 3.8) is 0 Å². The molecule has 0 unspecified atom stereocenters. The highest BCUT2D eigenvalue weighted by Gasteiger charge is 2.45. The standard InChI is InChI=1S/C23H26ClN3O3/c24-18-4-1-3-17(15-18)23(9-2-10-23)22(29)26-20-7-5-19(6-8-20)25-21(28)16-27-11-13-30-14-12-27/h1,3-8,15H,2,9-14,16H2,(H,25,28)(H,26,29). The molecule has 0 atom stereocenters. The number of morpholine rings is 1. The highest BCUT2D eigenvalue weighted by molar-refractivity contribution is 6.30. The number of amides is 2. The van der Waals surface area contributed by atoms with Crippen molar-refractivity contribution >= 4 is 34.8 Å². The van der Waals surface area contributed by atoms with Crippen molar-refractivity contribution < 1.29 is 14.3 Å². The van der Waals surface area contributed by atoms with Gasteiger partial charge >= 0.3 is 0 Å². The van der Waals surface area contributed by atoms with Crippen molar-refractivity contribution in [2.75, 3.05) is 43.5 Å². The average Bonchev–Trinajstić information content (AvgIpc) is 2.69. The van der Waals surface area contributed by atoms with E-state index in [2.05, 4.69) is 15.5 Å². The molecule has 0 radical (unpaired) electrons. The van der Waals surface area contributed by atoms with Gasteiger partial charge in [-0.25, -0.2) is 0 Å². The van der Waals surface area contributed by atoms with Crippen molar-refractivity contribution in [3.05, 3.63) is 59.1 Å². The molecule has 2 amide bonds. The van der Waals surface area contributed by atoms with E-state index in [0.717, 1.165) is 37.9 Å². The predicted octanol–water partition coefficient (Wildman–Crippen LogP) is 3.67. The topological polar surface area (TPSA) is 70.7 Å². The zero-order valence-electron chi connectivity index (χ0n) is 16.8. The predicted molar refractivity (Wildman–Crippen MR) is 118 cm³/mol. The number of benzene rings is 2. The zero-order valence-corrected chi connectivity index (χ0v) is 17.6. The SMILES string of the molecule is O=C(CN1CCOCC1)Nc1ccc(NC(=O)C2(c3cccc(Cl)c3)CCC2)cc1. The summed E-state index contributed by atoms with van der Waals surface area (Å²) in [6.45, 7) is 3.22. The average molecular weight is 428 g/mol. The van der Waals surface area contributed by atoms with Gasteiger partial charge in [0.05, 0.1) is 25.2 Å². The minimum absolute atomic E-state index is 0.0138. The molecular formula is C23H26ClN3O3. The fourth-order valence-corrected chi connectivity index (χ4v) is 4.20. The van der Waals surface area contributed by atoms with Crippen LogP contribution in [-0.4, -0.2) is 49.6 Å². The molecule has 0 aromatic heterocycles. The smallest absolute Gasteiger partial charge is 0.238 e. The van der Waals surface area contributed by atoms with Crippen LogP contribution in [0.2, 0.25) is 5.02 Å². The molecule has 7 heteroatoms. The number of ether oxygens (including phenoxy) is 1. The summed E-state index contributed by atoms with van der Waals surface area (Å²) >= 11 is 6.14. The Balaban J connectivity index is 1.36. The fourth-order valence-electron chi connectivity index (χ4n) is 4.01. The molecule has 2 aromatic carbocycles. The summed E-state index contributed by atoms with van der Waals surface area (Å²) in [4.78, 5) is 27.4. The maximum Gasteiger partial charge on any atom is 0.238 e. The molecule has 2 aliphatic rings. The van der Waals surface area contributed by atoms with Gasteiger partial charge in [0.2, 0.25) is 11.8 Å². The normalized spacial score (nSPS) is 18.3. The second-order valence-electron chi connectivity index (χ2n) is 7.91. The van der Waals surface area contributed by atoms with Gasteiger partial charge in [0.1, 0.15) is 0 Å². The monoisotopic (exact) mass is 427 g/mol. The molecule has 2 fully saturated rings. The third-order valence-electron chi connectivity index (χ3n) is 5.92. The molecule has 30 heavy (non-hydrogen) atoms. The lowest BCUT2D eigenvalue weighted by Crippen LogP contribution is -2.46. The lowest BCUT2D eigenvalue weighted by Gasteiger charge is -2.40. The van der Waals surface area contributed by atoms with Crippen molar-refractivity contribution in [3.8, 4) is 0 Å². The quantitative estimate of drug-likeness (QED) is 0.737. The lowest BCUT2D eigenvalue weighted by molar-refractivity contribution is -0.124. The van der Waals surface area contributed by atoms with E-state index < -0.39 is 5.41 Å². The molecule has 4 rings (SSSR count). The van der Waals surface area contributed by atoms with Gasteiger partial charge in [0.25, 0.3) is 0 Å². The van der Waals surface area contributed by atoms with Gasteiger partial charge in [-0.2, -0.15) is 0 Å². The number of rotatable bonds is 6. The largest absolute Gasteiger partial charge is 0.379 e. The van der Waals surface area contributed by atoms with Crippen LogP contribution in [0, 0.1) is 0 Å². The Hall–Kier alpha value is -2.41. The van der Waals surface area contributed by atoms with Gasteiger partial charge in [0, 0.05) is 29.5 Å². The van der Waals surface area contributed by atoms with E-state index in [1.54, 1.807) is 12.1 Å². The molecule has 2 aromatic rings. The van der Waals surface area contributed by atoms with Crippen LogP contribution in [0.1, 0.15) is 24.8 Å². The summed E-state index contributed by atoms with van der Waals surface area (Å²) in [5.41, 5.74) is 1.86. The van der Waals surface area contributed by atoms with Crippen LogP contribution in [0.4, 0.5) is 11.4 Å². The summed E-state index contributed by atoms with van der Waals surface area (Å²) < 4.78 is 5.30. The Labute approximate surface area is 181 Å². The molecule has 1 aliphatic heterocycles. The Bertz CT molecular complexity index is 906. The molecule has 0 spiro atoms. The number of carbonyl (C=O) groups is 2. The minimum atomic E-state index is -0.518. The number of carbonyl (C=O) groups excluding carboxylic acids is 2. The summed E-state index contributed by atoms with van der Waals surface area (Å²) in [5, 5.41) is 6.58. The van der Waals surface area contributed by atoms with E-state index in [9.17, 15) is 9.59 Å². The Morgan fingerprint density at radius 1 is 1.00 bits per heavy atom. The third-order valence-corrected chi connectivity index (χ3v) is 6.15. The van der Waals surface area contributed by atoms with E-state index in [-0.39, 0.29) is 11.8 Å². The molecule has 6 nitrogen and oxygen atoms in total. The number of anilines is 2. The summed E-state index contributed by atoms with van der Waals surface area (Å²) in [5.74, 6) is -0.0665. The van der Waals surface area contributed by atoms with Gasteiger partial charge in [0.15, 0.2) is 0 Å². The molecular weight excluding hydrogens is 402 g/mol. The number of hydrogen-bond acceptors (Lipinski definition) is 4. The zero-order chi connectivity index (χ0) is 21.0. The van der Waals surface area contributed by atoms with Crippen LogP contribution in [0.5, 0.6) is 0 Å². The van der Waals surface area contributed by atoms with E-state index in [1.165, 1.54) is 0 Å². The summed E-state index contributed by atoms with van der Waals surface area (Å²) in [6, 6.07) is 14.8. The first-order valence-electron chi connectivity index (χ1n) is 10.3. The molecule has 2 N–H and O–H groups in total. The second kappa shape index (κ2) is 9.16. The molecule has 1 saturated heterocycles. The van der Waals surface area contributed by atoms with Gasteiger partial charge in [-0.15, -0.1) is 0 Å². The highest BCUT2D eigenvalue weighted by Crippen LogP contribution is 2.45. The molecule has 1 saturated carbocycles. The van der Waals surface area contributed by atoms with Gasteiger partial charge < -0.3 is 15.4 Å². The van der Waals surface area contributed by atoms with Gasteiger partial charge in [-0.1, -0.05) is 30.2 Å². The molecule has 0 bridgehead atoms. The Morgan fingerprint density at radius 2 is 1.67 bits per heavy atom. The number of hydrogen-bond donors (Lipinski definition) is 2. The van der Waals surface area contributed by atoms with Crippen LogP contribution in [-0.2, 0) is 19.7 Å². The maximum absolute atomic E-state index is 13.1. The van der Waals surface area contributed by atoms with E-state index in [0.29, 0.717) is 36.2 Å². The summed E-state index contributed by atoms with van der Waals surface area (Å²) in [7, 11) is 0.